The van der Waals surface area contributed by atoms with Crippen LogP contribution >= 0.6 is 15.9 Å². The highest BCUT2D eigenvalue weighted by molar-refractivity contribution is 9.10. The molecule has 4 nitrogen and oxygen atoms in total. The molecular formula is C12H19BrN2O2. The zero-order chi connectivity index (χ0) is 12.1. The maximum absolute atomic E-state index is 5.71. The Kier molecular flexibility index (Phi) is 5.03. The van der Waals surface area contributed by atoms with Crippen LogP contribution in [0.2, 0.25) is 0 Å². The number of morpholine rings is 1. The fourth-order valence-corrected chi connectivity index (χ4v) is 2.33. The van der Waals surface area contributed by atoms with E-state index >= 15 is 0 Å². The summed E-state index contributed by atoms with van der Waals surface area (Å²) in [6.07, 6.45) is 1.98. The normalized spacial score (nSPS) is 21.9. The van der Waals surface area contributed by atoms with Gasteiger partial charge in [-0.15, -0.1) is 0 Å². The zero-order valence-electron chi connectivity index (χ0n) is 10.1. The first-order chi connectivity index (χ1) is 8.29. The Labute approximate surface area is 110 Å². The lowest BCUT2D eigenvalue weighted by Gasteiger charge is -2.32. The largest absolute Gasteiger partial charge is 0.467 e. The summed E-state index contributed by atoms with van der Waals surface area (Å²) in [5, 5.41) is 3.37. The SMILES string of the molecule is CCN1CCOC(CNCc2occc2Br)C1. The molecule has 0 saturated carbocycles. The van der Waals surface area contributed by atoms with Crippen molar-refractivity contribution in [1.29, 1.82) is 0 Å². The van der Waals surface area contributed by atoms with E-state index in [2.05, 4.69) is 33.1 Å². The van der Waals surface area contributed by atoms with E-state index in [1.165, 1.54) is 0 Å². The smallest absolute Gasteiger partial charge is 0.131 e. The number of ether oxygens (including phenoxy) is 1. The molecule has 0 amide bonds. The zero-order valence-corrected chi connectivity index (χ0v) is 11.7. The predicted molar refractivity (Wildman–Crippen MR) is 70.0 cm³/mol. The average molecular weight is 303 g/mol. The van der Waals surface area contributed by atoms with Crippen LogP contribution in [0.4, 0.5) is 0 Å². The van der Waals surface area contributed by atoms with E-state index in [1.807, 2.05) is 6.07 Å². The van der Waals surface area contributed by atoms with Gasteiger partial charge in [-0.1, -0.05) is 6.92 Å². The van der Waals surface area contributed by atoms with E-state index in [4.69, 9.17) is 9.15 Å². The second-order valence-corrected chi connectivity index (χ2v) is 5.06. The van der Waals surface area contributed by atoms with Crippen LogP contribution in [0, 0.1) is 0 Å². The summed E-state index contributed by atoms with van der Waals surface area (Å²) in [5.74, 6) is 0.938. The van der Waals surface area contributed by atoms with Gasteiger partial charge in [-0.2, -0.15) is 0 Å². The van der Waals surface area contributed by atoms with Gasteiger partial charge in [0, 0.05) is 19.6 Å². The molecule has 0 aromatic carbocycles. The Morgan fingerprint density at radius 2 is 2.47 bits per heavy atom. The third kappa shape index (κ3) is 3.81. The summed E-state index contributed by atoms with van der Waals surface area (Å²) < 4.78 is 12.1. The molecule has 0 bridgehead atoms. The van der Waals surface area contributed by atoms with Gasteiger partial charge in [0.1, 0.15) is 5.76 Å². The van der Waals surface area contributed by atoms with Gasteiger partial charge in [-0.3, -0.25) is 4.90 Å². The molecule has 0 radical (unpaired) electrons. The Morgan fingerprint density at radius 3 is 3.18 bits per heavy atom. The molecule has 1 N–H and O–H groups in total. The first-order valence-electron chi connectivity index (χ1n) is 6.06. The molecule has 2 heterocycles. The third-order valence-electron chi connectivity index (χ3n) is 3.02. The molecular weight excluding hydrogens is 284 g/mol. The highest BCUT2D eigenvalue weighted by Gasteiger charge is 2.18. The van der Waals surface area contributed by atoms with Crippen molar-refractivity contribution in [3.05, 3.63) is 22.6 Å². The number of hydrogen-bond donors (Lipinski definition) is 1. The number of likely N-dealkylation sites (N-methyl/N-ethyl adjacent to an activating group) is 1. The topological polar surface area (TPSA) is 37.6 Å². The Balaban J connectivity index is 1.70. The minimum atomic E-state index is 0.289. The van der Waals surface area contributed by atoms with Crippen LogP contribution < -0.4 is 5.32 Å². The van der Waals surface area contributed by atoms with Crippen molar-refractivity contribution in [2.45, 2.75) is 19.6 Å². The van der Waals surface area contributed by atoms with Crippen molar-refractivity contribution in [2.24, 2.45) is 0 Å². The van der Waals surface area contributed by atoms with Crippen LogP contribution in [0.5, 0.6) is 0 Å². The molecule has 0 aliphatic carbocycles. The van der Waals surface area contributed by atoms with Crippen LogP contribution in [-0.2, 0) is 11.3 Å². The minimum Gasteiger partial charge on any atom is -0.467 e. The number of nitrogens with one attached hydrogen (secondary N) is 1. The van der Waals surface area contributed by atoms with E-state index in [0.29, 0.717) is 0 Å². The van der Waals surface area contributed by atoms with Crippen molar-refractivity contribution in [1.82, 2.24) is 10.2 Å². The molecule has 1 aliphatic rings. The van der Waals surface area contributed by atoms with E-state index < -0.39 is 0 Å². The highest BCUT2D eigenvalue weighted by atomic mass is 79.9. The molecule has 1 aromatic rings. The second kappa shape index (κ2) is 6.54. The third-order valence-corrected chi connectivity index (χ3v) is 3.73. The maximum Gasteiger partial charge on any atom is 0.131 e. The minimum absolute atomic E-state index is 0.289. The van der Waals surface area contributed by atoms with Crippen molar-refractivity contribution in [3.8, 4) is 0 Å². The molecule has 17 heavy (non-hydrogen) atoms. The van der Waals surface area contributed by atoms with Crippen LogP contribution in [0.25, 0.3) is 0 Å². The van der Waals surface area contributed by atoms with E-state index in [1.54, 1.807) is 6.26 Å². The number of halogens is 1. The summed E-state index contributed by atoms with van der Waals surface area (Å²) in [6, 6.07) is 1.91. The molecule has 1 saturated heterocycles. The number of nitrogens with zero attached hydrogens (tertiary/aromatic N) is 1. The second-order valence-electron chi connectivity index (χ2n) is 4.21. The lowest BCUT2D eigenvalue weighted by molar-refractivity contribution is -0.0255. The first-order valence-corrected chi connectivity index (χ1v) is 6.85. The van der Waals surface area contributed by atoms with E-state index in [0.717, 1.165) is 49.6 Å². The Hall–Kier alpha value is -0.360. The predicted octanol–water partition coefficient (Wildman–Crippen LogP) is 1.85. The van der Waals surface area contributed by atoms with Gasteiger partial charge < -0.3 is 14.5 Å². The molecule has 2 rings (SSSR count). The lowest BCUT2D eigenvalue weighted by Crippen LogP contribution is -2.46. The number of hydrogen-bond acceptors (Lipinski definition) is 4. The van der Waals surface area contributed by atoms with Gasteiger partial charge in [0.2, 0.25) is 0 Å². The maximum atomic E-state index is 5.71. The van der Waals surface area contributed by atoms with Crippen LogP contribution in [0.3, 0.4) is 0 Å². The lowest BCUT2D eigenvalue weighted by atomic mass is 10.2. The average Bonchev–Trinajstić information content (AvgIpc) is 2.76. The first kappa shape index (κ1) is 13.1. The van der Waals surface area contributed by atoms with E-state index in [-0.39, 0.29) is 6.10 Å². The van der Waals surface area contributed by atoms with Crippen molar-refractivity contribution in [2.75, 3.05) is 32.8 Å². The van der Waals surface area contributed by atoms with Gasteiger partial charge in [-0.05, 0) is 28.5 Å². The highest BCUT2D eigenvalue weighted by Crippen LogP contribution is 2.17. The van der Waals surface area contributed by atoms with Gasteiger partial charge >= 0.3 is 0 Å². The van der Waals surface area contributed by atoms with Gasteiger partial charge in [0.25, 0.3) is 0 Å². The fraction of sp³-hybridized carbons (Fsp3) is 0.667. The standard InChI is InChI=1S/C12H19BrN2O2/c1-2-15-4-6-16-10(9-15)7-14-8-12-11(13)3-5-17-12/h3,5,10,14H,2,4,6-9H2,1H3. The molecule has 96 valence electrons. The van der Waals surface area contributed by atoms with Crippen molar-refractivity contribution < 1.29 is 9.15 Å². The van der Waals surface area contributed by atoms with Gasteiger partial charge in [0.05, 0.1) is 30.0 Å². The molecule has 1 atom stereocenters. The fourth-order valence-electron chi connectivity index (χ4n) is 1.99. The number of rotatable bonds is 5. The number of furan rings is 1. The summed E-state index contributed by atoms with van der Waals surface area (Å²) in [4.78, 5) is 2.42. The molecule has 1 aliphatic heterocycles. The van der Waals surface area contributed by atoms with Crippen molar-refractivity contribution in [3.63, 3.8) is 0 Å². The summed E-state index contributed by atoms with van der Waals surface area (Å²) in [7, 11) is 0. The van der Waals surface area contributed by atoms with E-state index in [9.17, 15) is 0 Å². The molecule has 1 aromatic heterocycles. The van der Waals surface area contributed by atoms with Crippen LogP contribution in [0.15, 0.2) is 21.2 Å². The molecule has 1 fully saturated rings. The molecule has 1 unspecified atom stereocenters. The quantitative estimate of drug-likeness (QED) is 0.901. The van der Waals surface area contributed by atoms with Gasteiger partial charge in [-0.25, -0.2) is 0 Å². The molecule has 5 heteroatoms. The van der Waals surface area contributed by atoms with Crippen LogP contribution in [0.1, 0.15) is 12.7 Å². The Morgan fingerprint density at radius 1 is 1.59 bits per heavy atom. The monoisotopic (exact) mass is 302 g/mol. The summed E-state index contributed by atoms with van der Waals surface area (Å²) in [6.45, 7) is 7.80. The van der Waals surface area contributed by atoms with Crippen molar-refractivity contribution >= 4 is 15.9 Å². The summed E-state index contributed by atoms with van der Waals surface area (Å²) >= 11 is 3.44. The molecule has 0 spiro atoms. The Bertz CT molecular complexity index is 343. The van der Waals surface area contributed by atoms with Gasteiger partial charge in [0.15, 0.2) is 0 Å². The van der Waals surface area contributed by atoms with Crippen LogP contribution in [-0.4, -0.2) is 43.8 Å². The summed E-state index contributed by atoms with van der Waals surface area (Å²) in [5.41, 5.74) is 0.